The van der Waals surface area contributed by atoms with E-state index < -0.39 is 41.7 Å². The third-order valence-corrected chi connectivity index (χ3v) is 4.93. The summed E-state index contributed by atoms with van der Waals surface area (Å²) in [7, 11) is 1.26. The molecule has 156 valence electrons. The Labute approximate surface area is 172 Å². The van der Waals surface area contributed by atoms with Crippen LogP contribution in [0.1, 0.15) is 29.3 Å². The fourth-order valence-corrected chi connectivity index (χ4v) is 3.30. The molecule has 1 aliphatic rings. The van der Waals surface area contributed by atoms with Gasteiger partial charge in [-0.2, -0.15) is 0 Å². The number of amides is 4. The highest BCUT2D eigenvalue weighted by atomic mass is 19.1. The van der Waals surface area contributed by atoms with E-state index in [1.54, 1.807) is 6.92 Å². The van der Waals surface area contributed by atoms with Gasteiger partial charge in [0.2, 0.25) is 5.91 Å². The van der Waals surface area contributed by atoms with Gasteiger partial charge in [-0.3, -0.25) is 14.5 Å². The van der Waals surface area contributed by atoms with Crippen molar-refractivity contribution in [2.75, 3.05) is 19.0 Å². The van der Waals surface area contributed by atoms with Gasteiger partial charge >= 0.3 is 12.0 Å². The molecule has 3 rings (SSSR count). The average Bonchev–Trinajstić information content (AvgIpc) is 2.99. The maximum atomic E-state index is 13.3. The molecule has 0 aromatic heterocycles. The van der Waals surface area contributed by atoms with Gasteiger partial charge in [0.1, 0.15) is 17.9 Å². The number of urea groups is 1. The van der Waals surface area contributed by atoms with E-state index >= 15 is 0 Å². The first-order chi connectivity index (χ1) is 14.3. The Balaban J connectivity index is 1.72. The van der Waals surface area contributed by atoms with E-state index in [-0.39, 0.29) is 6.42 Å². The van der Waals surface area contributed by atoms with Crippen molar-refractivity contribution in [1.29, 1.82) is 0 Å². The van der Waals surface area contributed by atoms with Gasteiger partial charge in [0.05, 0.1) is 12.7 Å². The number of rotatable bonds is 6. The summed E-state index contributed by atoms with van der Waals surface area (Å²) in [6, 6.07) is 10.5. The first kappa shape index (κ1) is 21.0. The molecule has 1 saturated heterocycles. The van der Waals surface area contributed by atoms with Crippen molar-refractivity contribution in [2.45, 2.75) is 18.9 Å². The Morgan fingerprint density at radius 1 is 1.10 bits per heavy atom. The molecule has 1 atom stereocenters. The standard InChI is InChI=1S/C21H20FN3O5/c1-3-21(14-6-8-15(22)9-7-14)19(28)25(20(29)24-21)12-17(26)23-16-10-4-13(5-11-16)18(27)30-2/h4-11H,3,12H2,1-2H3,(H,23,26)(H,24,29)/t21-/m1/s1. The predicted molar refractivity (Wildman–Crippen MR) is 105 cm³/mol. The molecule has 0 unspecified atom stereocenters. The quantitative estimate of drug-likeness (QED) is 0.559. The Morgan fingerprint density at radius 3 is 2.30 bits per heavy atom. The van der Waals surface area contributed by atoms with E-state index in [2.05, 4.69) is 15.4 Å². The number of halogens is 1. The monoisotopic (exact) mass is 413 g/mol. The SMILES string of the molecule is CC[C@]1(c2ccc(F)cc2)NC(=O)N(CC(=O)Nc2ccc(C(=O)OC)cc2)C1=O. The maximum absolute atomic E-state index is 13.3. The third kappa shape index (κ3) is 3.86. The topological polar surface area (TPSA) is 105 Å². The van der Waals surface area contributed by atoms with Crippen LogP contribution >= 0.6 is 0 Å². The van der Waals surface area contributed by atoms with E-state index in [1.165, 1.54) is 55.6 Å². The molecule has 0 radical (unpaired) electrons. The molecular weight excluding hydrogens is 393 g/mol. The first-order valence-corrected chi connectivity index (χ1v) is 9.19. The largest absolute Gasteiger partial charge is 0.465 e. The molecular formula is C21H20FN3O5. The highest BCUT2D eigenvalue weighted by Gasteiger charge is 2.51. The van der Waals surface area contributed by atoms with Crippen LogP contribution in [0.25, 0.3) is 0 Å². The van der Waals surface area contributed by atoms with Crippen LogP contribution in [0, 0.1) is 5.82 Å². The Kier molecular flexibility index (Phi) is 5.81. The molecule has 2 aromatic carbocycles. The zero-order chi connectivity index (χ0) is 21.9. The lowest BCUT2D eigenvalue weighted by Gasteiger charge is -2.25. The highest BCUT2D eigenvalue weighted by molar-refractivity contribution is 6.10. The summed E-state index contributed by atoms with van der Waals surface area (Å²) < 4.78 is 17.9. The Morgan fingerprint density at radius 2 is 1.73 bits per heavy atom. The molecule has 0 saturated carbocycles. The number of nitrogens with zero attached hydrogens (tertiary/aromatic N) is 1. The molecule has 30 heavy (non-hydrogen) atoms. The van der Waals surface area contributed by atoms with Crippen LogP contribution in [0.5, 0.6) is 0 Å². The van der Waals surface area contributed by atoms with Crippen molar-refractivity contribution in [3.63, 3.8) is 0 Å². The number of hydrogen-bond acceptors (Lipinski definition) is 5. The summed E-state index contributed by atoms with van der Waals surface area (Å²) in [5, 5.41) is 5.20. The number of carbonyl (C=O) groups excluding carboxylic acids is 4. The van der Waals surface area contributed by atoms with Gasteiger partial charge in [-0.15, -0.1) is 0 Å². The fourth-order valence-electron chi connectivity index (χ4n) is 3.30. The second kappa shape index (κ2) is 8.32. The number of nitrogens with one attached hydrogen (secondary N) is 2. The van der Waals surface area contributed by atoms with Gasteiger partial charge in [-0.25, -0.2) is 14.0 Å². The lowest BCUT2D eigenvalue weighted by molar-refractivity contribution is -0.134. The second-order valence-corrected chi connectivity index (χ2v) is 6.70. The minimum Gasteiger partial charge on any atom is -0.465 e. The summed E-state index contributed by atoms with van der Waals surface area (Å²) in [6.07, 6.45) is 0.232. The van der Waals surface area contributed by atoms with Crippen LogP contribution in [0.4, 0.5) is 14.9 Å². The molecule has 8 nitrogen and oxygen atoms in total. The maximum Gasteiger partial charge on any atom is 0.337 e. The van der Waals surface area contributed by atoms with Gasteiger partial charge in [0, 0.05) is 5.69 Å². The summed E-state index contributed by atoms with van der Waals surface area (Å²) in [5.41, 5.74) is -0.213. The van der Waals surface area contributed by atoms with Crippen molar-refractivity contribution in [3.05, 3.63) is 65.5 Å². The average molecular weight is 413 g/mol. The lowest BCUT2D eigenvalue weighted by Crippen LogP contribution is -2.44. The van der Waals surface area contributed by atoms with Gasteiger partial charge in [-0.05, 0) is 48.4 Å². The van der Waals surface area contributed by atoms with Crippen molar-refractivity contribution in [3.8, 4) is 0 Å². The normalized spacial score (nSPS) is 18.2. The van der Waals surface area contributed by atoms with Crippen LogP contribution < -0.4 is 10.6 Å². The number of esters is 1. The first-order valence-electron chi connectivity index (χ1n) is 9.19. The van der Waals surface area contributed by atoms with Gasteiger partial charge in [0.15, 0.2) is 0 Å². The van der Waals surface area contributed by atoms with E-state index in [1.807, 2.05) is 0 Å². The molecule has 9 heteroatoms. The minimum absolute atomic E-state index is 0.232. The molecule has 1 aliphatic heterocycles. The molecule has 0 bridgehead atoms. The van der Waals surface area contributed by atoms with Crippen LogP contribution in [0.3, 0.4) is 0 Å². The van der Waals surface area contributed by atoms with E-state index in [9.17, 15) is 23.6 Å². The van der Waals surface area contributed by atoms with Gasteiger partial charge in [0.25, 0.3) is 5.91 Å². The highest BCUT2D eigenvalue weighted by Crippen LogP contribution is 2.32. The van der Waals surface area contributed by atoms with E-state index in [4.69, 9.17) is 0 Å². The van der Waals surface area contributed by atoms with Gasteiger partial charge < -0.3 is 15.4 Å². The molecule has 0 spiro atoms. The van der Waals surface area contributed by atoms with Crippen LogP contribution in [0.2, 0.25) is 0 Å². The summed E-state index contributed by atoms with van der Waals surface area (Å²) >= 11 is 0. The van der Waals surface area contributed by atoms with E-state index in [0.717, 1.165) is 4.90 Å². The van der Waals surface area contributed by atoms with Crippen LogP contribution in [0.15, 0.2) is 48.5 Å². The van der Waals surface area contributed by atoms with E-state index in [0.29, 0.717) is 16.8 Å². The summed E-state index contributed by atoms with van der Waals surface area (Å²) in [6.45, 7) is 1.22. The number of anilines is 1. The smallest absolute Gasteiger partial charge is 0.337 e. The van der Waals surface area contributed by atoms with Crippen LogP contribution in [-0.4, -0.2) is 42.4 Å². The number of imide groups is 1. The number of carbonyl (C=O) groups is 4. The second-order valence-electron chi connectivity index (χ2n) is 6.70. The van der Waals surface area contributed by atoms with Crippen molar-refractivity contribution in [2.24, 2.45) is 0 Å². The zero-order valence-corrected chi connectivity index (χ0v) is 16.4. The van der Waals surface area contributed by atoms with Crippen LogP contribution in [-0.2, 0) is 19.9 Å². The number of ether oxygens (including phenoxy) is 1. The minimum atomic E-state index is -1.35. The van der Waals surface area contributed by atoms with Gasteiger partial charge in [-0.1, -0.05) is 19.1 Å². The summed E-state index contributed by atoms with van der Waals surface area (Å²) in [5.74, 6) is -2.15. The number of hydrogen-bond donors (Lipinski definition) is 2. The molecule has 1 heterocycles. The van der Waals surface area contributed by atoms with Crippen molar-refractivity contribution < 1.29 is 28.3 Å². The number of benzene rings is 2. The number of methoxy groups -OCH3 is 1. The molecule has 1 fully saturated rings. The summed E-state index contributed by atoms with van der Waals surface area (Å²) in [4.78, 5) is 50.1. The van der Waals surface area contributed by atoms with Crippen molar-refractivity contribution >= 4 is 29.5 Å². The molecule has 0 aliphatic carbocycles. The zero-order valence-electron chi connectivity index (χ0n) is 16.4. The molecule has 2 aromatic rings. The molecule has 2 N–H and O–H groups in total. The van der Waals surface area contributed by atoms with Crippen molar-refractivity contribution in [1.82, 2.24) is 10.2 Å². The Bertz CT molecular complexity index is 991. The molecule has 4 amide bonds. The Hall–Kier alpha value is -3.75. The third-order valence-electron chi connectivity index (χ3n) is 4.93. The fraction of sp³-hybridized carbons (Fsp3) is 0.238. The lowest BCUT2D eigenvalue weighted by atomic mass is 9.87. The predicted octanol–water partition coefficient (Wildman–Crippen LogP) is 2.41.